The van der Waals surface area contributed by atoms with Crippen molar-refractivity contribution in [2.45, 2.75) is 52.1 Å². The first kappa shape index (κ1) is 11.8. The van der Waals surface area contributed by atoms with Crippen molar-refractivity contribution in [3.8, 4) is 0 Å². The zero-order valence-electron chi connectivity index (χ0n) is 11.2. The van der Waals surface area contributed by atoms with E-state index >= 15 is 0 Å². The molecule has 0 N–H and O–H groups in total. The molecule has 3 rings (SSSR count). The number of aromatic nitrogens is 2. The van der Waals surface area contributed by atoms with E-state index in [1.165, 1.54) is 25.7 Å². The Morgan fingerprint density at radius 2 is 2.22 bits per heavy atom. The van der Waals surface area contributed by atoms with Gasteiger partial charge in [0, 0.05) is 30.9 Å². The van der Waals surface area contributed by atoms with Crippen LogP contribution < -0.4 is 10.6 Å². The molecule has 2 aliphatic heterocycles. The monoisotopic (exact) mass is 247 g/mol. The lowest BCUT2D eigenvalue weighted by molar-refractivity contribution is 0.441. The third-order valence-corrected chi connectivity index (χ3v) is 4.51. The summed E-state index contributed by atoms with van der Waals surface area (Å²) in [7, 11) is 0. The quantitative estimate of drug-likeness (QED) is 0.761. The molecule has 1 aromatic heterocycles. The lowest BCUT2D eigenvalue weighted by atomic mass is 9.97. The molecule has 4 nitrogen and oxygen atoms in total. The van der Waals surface area contributed by atoms with E-state index in [1.807, 2.05) is 11.5 Å². The molecule has 0 aromatic carbocycles. The van der Waals surface area contributed by atoms with E-state index in [9.17, 15) is 4.79 Å². The highest BCUT2D eigenvalue weighted by atomic mass is 16.1. The van der Waals surface area contributed by atoms with E-state index in [0.717, 1.165) is 30.5 Å². The predicted octanol–water partition coefficient (Wildman–Crippen LogP) is 1.95. The largest absolute Gasteiger partial charge is 0.353 e. The summed E-state index contributed by atoms with van der Waals surface area (Å²) in [6.45, 7) is 6.11. The van der Waals surface area contributed by atoms with Crippen molar-refractivity contribution in [2.24, 2.45) is 5.92 Å². The molecule has 1 saturated heterocycles. The molecule has 0 saturated carbocycles. The molecule has 0 amide bonds. The van der Waals surface area contributed by atoms with Gasteiger partial charge in [-0.3, -0.25) is 4.57 Å². The highest BCUT2D eigenvalue weighted by Crippen LogP contribution is 2.32. The number of nitrogens with zero attached hydrogens (tertiary/aromatic N) is 3. The topological polar surface area (TPSA) is 38.1 Å². The van der Waals surface area contributed by atoms with Gasteiger partial charge in [0.15, 0.2) is 0 Å². The molecule has 98 valence electrons. The Bertz CT molecular complexity index is 508. The maximum Gasteiger partial charge on any atom is 0.349 e. The molecule has 1 aromatic rings. The predicted molar refractivity (Wildman–Crippen MR) is 72.0 cm³/mol. The van der Waals surface area contributed by atoms with Gasteiger partial charge in [0.1, 0.15) is 5.82 Å². The second-order valence-electron chi connectivity index (χ2n) is 5.64. The molecule has 2 unspecified atom stereocenters. The lowest BCUT2D eigenvalue weighted by Crippen LogP contribution is -2.31. The molecule has 2 atom stereocenters. The van der Waals surface area contributed by atoms with Crippen molar-refractivity contribution in [2.75, 3.05) is 11.4 Å². The first-order valence-electron chi connectivity index (χ1n) is 7.04. The van der Waals surface area contributed by atoms with E-state index < -0.39 is 0 Å². The lowest BCUT2D eigenvalue weighted by Gasteiger charge is -2.23. The molecular formula is C14H21N3O. The number of fused-ring (bicyclic) bond motifs is 3. The van der Waals surface area contributed by atoms with E-state index in [0.29, 0.717) is 6.04 Å². The number of anilines is 1. The van der Waals surface area contributed by atoms with Gasteiger partial charge in [0.2, 0.25) is 0 Å². The molecule has 2 aliphatic rings. The Morgan fingerprint density at radius 1 is 1.39 bits per heavy atom. The van der Waals surface area contributed by atoms with E-state index in [1.54, 1.807) is 0 Å². The average molecular weight is 247 g/mol. The maximum absolute atomic E-state index is 11.9. The number of hydrogen-bond acceptors (Lipinski definition) is 3. The first-order valence-corrected chi connectivity index (χ1v) is 7.04. The fourth-order valence-electron chi connectivity index (χ4n) is 3.36. The van der Waals surface area contributed by atoms with Crippen LogP contribution in [0.4, 0.5) is 5.82 Å². The standard InChI is InChI=1S/C14H21N3O/c1-3-11-4-5-12-9-17-13(16(12)7-6-11)8-10(2)15-14(17)18/h8,11-12H,3-7,9H2,1-2H3. The van der Waals surface area contributed by atoms with Crippen molar-refractivity contribution < 1.29 is 0 Å². The van der Waals surface area contributed by atoms with Crippen LogP contribution in [0.15, 0.2) is 10.9 Å². The summed E-state index contributed by atoms with van der Waals surface area (Å²) >= 11 is 0. The average Bonchev–Trinajstić information content (AvgIpc) is 2.56. The second kappa shape index (κ2) is 4.41. The van der Waals surface area contributed by atoms with Crippen LogP contribution in [0.25, 0.3) is 0 Å². The summed E-state index contributed by atoms with van der Waals surface area (Å²) in [6.07, 6.45) is 5.04. The Labute approximate surface area is 108 Å². The Hall–Kier alpha value is -1.32. The molecule has 3 heterocycles. The summed E-state index contributed by atoms with van der Waals surface area (Å²) in [5, 5.41) is 0. The zero-order chi connectivity index (χ0) is 12.7. The van der Waals surface area contributed by atoms with Gasteiger partial charge in [-0.25, -0.2) is 4.79 Å². The molecule has 4 heteroatoms. The SMILES string of the molecule is CCC1CCC2Cn3c(cc(C)nc3=O)N2CC1. The van der Waals surface area contributed by atoms with Crippen LogP contribution in [0.3, 0.4) is 0 Å². The highest BCUT2D eigenvalue weighted by Gasteiger charge is 2.32. The van der Waals surface area contributed by atoms with Crippen LogP contribution in [0.5, 0.6) is 0 Å². The second-order valence-corrected chi connectivity index (χ2v) is 5.64. The molecule has 1 fully saturated rings. The molecule has 0 spiro atoms. The van der Waals surface area contributed by atoms with E-state index in [-0.39, 0.29) is 5.69 Å². The van der Waals surface area contributed by atoms with Gasteiger partial charge in [-0.15, -0.1) is 0 Å². The fourth-order valence-corrected chi connectivity index (χ4v) is 3.36. The van der Waals surface area contributed by atoms with E-state index in [4.69, 9.17) is 0 Å². The van der Waals surface area contributed by atoms with Crippen LogP contribution in [0.2, 0.25) is 0 Å². The molecule has 0 bridgehead atoms. The number of rotatable bonds is 1. The van der Waals surface area contributed by atoms with Gasteiger partial charge in [-0.1, -0.05) is 13.3 Å². The van der Waals surface area contributed by atoms with Gasteiger partial charge < -0.3 is 4.90 Å². The van der Waals surface area contributed by atoms with Crippen molar-refractivity contribution in [3.05, 3.63) is 22.2 Å². The van der Waals surface area contributed by atoms with E-state index in [2.05, 4.69) is 22.9 Å². The van der Waals surface area contributed by atoms with Gasteiger partial charge in [-0.05, 0) is 32.1 Å². The number of aryl methyl sites for hydroxylation is 1. The van der Waals surface area contributed by atoms with Crippen LogP contribution >= 0.6 is 0 Å². The maximum atomic E-state index is 11.9. The minimum absolute atomic E-state index is 0.0786. The molecule has 18 heavy (non-hydrogen) atoms. The Balaban J connectivity index is 1.94. The summed E-state index contributed by atoms with van der Waals surface area (Å²) in [5.41, 5.74) is 0.758. The third kappa shape index (κ3) is 1.84. The van der Waals surface area contributed by atoms with Gasteiger partial charge in [-0.2, -0.15) is 4.98 Å². The van der Waals surface area contributed by atoms with Crippen LogP contribution in [0, 0.1) is 12.8 Å². The zero-order valence-corrected chi connectivity index (χ0v) is 11.2. The first-order chi connectivity index (χ1) is 8.69. The summed E-state index contributed by atoms with van der Waals surface area (Å²) in [4.78, 5) is 18.4. The minimum Gasteiger partial charge on any atom is -0.353 e. The van der Waals surface area contributed by atoms with Crippen molar-refractivity contribution in [3.63, 3.8) is 0 Å². The third-order valence-electron chi connectivity index (χ3n) is 4.51. The molecule has 0 aliphatic carbocycles. The summed E-state index contributed by atoms with van der Waals surface area (Å²) in [5.74, 6) is 1.95. The van der Waals surface area contributed by atoms with Crippen LogP contribution in [-0.4, -0.2) is 22.1 Å². The van der Waals surface area contributed by atoms with Crippen molar-refractivity contribution >= 4 is 5.82 Å². The Morgan fingerprint density at radius 3 is 3.00 bits per heavy atom. The van der Waals surface area contributed by atoms with Crippen LogP contribution in [-0.2, 0) is 6.54 Å². The fraction of sp³-hybridized carbons (Fsp3) is 0.714. The molecular weight excluding hydrogens is 226 g/mol. The normalized spacial score (nSPS) is 26.7. The minimum atomic E-state index is -0.0786. The summed E-state index contributed by atoms with van der Waals surface area (Å²) < 4.78 is 1.85. The summed E-state index contributed by atoms with van der Waals surface area (Å²) in [6, 6.07) is 2.58. The van der Waals surface area contributed by atoms with Crippen LogP contribution in [0.1, 0.15) is 38.3 Å². The van der Waals surface area contributed by atoms with Gasteiger partial charge in [0.05, 0.1) is 0 Å². The van der Waals surface area contributed by atoms with Crippen molar-refractivity contribution in [1.29, 1.82) is 0 Å². The molecule has 0 radical (unpaired) electrons. The Kier molecular flexibility index (Phi) is 2.88. The van der Waals surface area contributed by atoms with Crippen molar-refractivity contribution in [1.82, 2.24) is 9.55 Å². The van der Waals surface area contributed by atoms with Gasteiger partial charge in [0.25, 0.3) is 0 Å². The van der Waals surface area contributed by atoms with Gasteiger partial charge >= 0.3 is 5.69 Å². The highest BCUT2D eigenvalue weighted by molar-refractivity contribution is 5.45. The number of hydrogen-bond donors (Lipinski definition) is 0. The smallest absolute Gasteiger partial charge is 0.349 e.